The number of ether oxygens (including phenoxy) is 1. The molecule has 1 aromatic heterocycles. The van der Waals surface area contributed by atoms with Gasteiger partial charge >= 0.3 is 0 Å². The van der Waals surface area contributed by atoms with Crippen molar-refractivity contribution in [3.05, 3.63) is 30.2 Å². The van der Waals surface area contributed by atoms with Crippen molar-refractivity contribution in [1.82, 2.24) is 9.29 Å². The van der Waals surface area contributed by atoms with E-state index in [4.69, 9.17) is 16.2 Å². The molecule has 7 nitrogen and oxygen atoms in total. The van der Waals surface area contributed by atoms with E-state index < -0.39 is 11.0 Å². The van der Waals surface area contributed by atoms with E-state index in [1.165, 1.54) is 6.20 Å². The zero-order valence-corrected chi connectivity index (χ0v) is 14.0. The molecular weight excluding hydrogens is 335 g/mol. The van der Waals surface area contributed by atoms with Gasteiger partial charge in [-0.2, -0.15) is 0 Å². The summed E-state index contributed by atoms with van der Waals surface area (Å²) in [6.45, 7) is 1.17. The molecule has 4 N–H and O–H groups in total. The van der Waals surface area contributed by atoms with E-state index in [0.717, 1.165) is 0 Å². The molecule has 1 amide bonds. The number of rotatable bonds is 7. The number of piperidine rings is 1. The number of pyridine rings is 1. The average Bonchev–Trinajstić information content (AvgIpc) is 2.62. The smallest absolute Gasteiger partial charge is 0.220 e. The number of hydrogen-bond donors (Lipinski definition) is 2. The Bertz CT molecular complexity index is 616. The fraction of sp³-hybridized carbons (Fsp3) is 0.467. The number of primary amides is 1. The van der Waals surface area contributed by atoms with Crippen molar-refractivity contribution in [2.24, 2.45) is 17.4 Å². The normalized spacial score (nSPS) is 18.3. The van der Waals surface area contributed by atoms with E-state index in [1.807, 2.05) is 0 Å². The summed E-state index contributed by atoms with van der Waals surface area (Å²) in [6.07, 6.45) is 3.09. The van der Waals surface area contributed by atoms with E-state index >= 15 is 0 Å². The van der Waals surface area contributed by atoms with E-state index in [2.05, 4.69) is 4.98 Å². The largest absolute Gasteiger partial charge is 0.473 e. The van der Waals surface area contributed by atoms with E-state index in [0.29, 0.717) is 48.6 Å². The fourth-order valence-corrected chi connectivity index (χ4v) is 3.48. The zero-order valence-electron chi connectivity index (χ0n) is 13.2. The van der Waals surface area contributed by atoms with Crippen LogP contribution in [0.4, 0.5) is 4.39 Å². The highest BCUT2D eigenvalue weighted by Crippen LogP contribution is 2.21. The topological polar surface area (TPSA) is 112 Å². The molecule has 0 spiro atoms. The van der Waals surface area contributed by atoms with Crippen molar-refractivity contribution in [2.75, 3.05) is 26.2 Å². The minimum Gasteiger partial charge on any atom is -0.473 e. The number of carbonyl (C=O) groups is 1. The monoisotopic (exact) mass is 356 g/mol. The molecule has 1 atom stereocenters. The van der Waals surface area contributed by atoms with Gasteiger partial charge in [0.2, 0.25) is 11.8 Å². The molecule has 1 unspecified atom stereocenters. The Morgan fingerprint density at radius 1 is 1.46 bits per heavy atom. The van der Waals surface area contributed by atoms with Crippen molar-refractivity contribution in [2.45, 2.75) is 17.7 Å². The minimum atomic E-state index is -1.35. The van der Waals surface area contributed by atoms with Crippen LogP contribution in [0.1, 0.15) is 12.8 Å². The lowest BCUT2D eigenvalue weighted by Gasteiger charge is -2.29. The highest BCUT2D eigenvalue weighted by atomic mass is 32.2. The Morgan fingerprint density at radius 3 is 2.67 bits per heavy atom. The molecule has 0 bridgehead atoms. The molecule has 1 aliphatic heterocycles. The number of aromatic nitrogens is 1. The predicted octanol–water partition coefficient (Wildman–Crippen LogP) is 0.492. The van der Waals surface area contributed by atoms with Crippen molar-refractivity contribution < 1.29 is 18.1 Å². The number of nitrogens with two attached hydrogens (primary N) is 2. The molecule has 0 aromatic carbocycles. The summed E-state index contributed by atoms with van der Waals surface area (Å²) in [7, 11) is -1.35. The van der Waals surface area contributed by atoms with Crippen LogP contribution in [0.5, 0.6) is 5.88 Å². The summed E-state index contributed by atoms with van der Waals surface area (Å²) < 4.78 is 32.0. The Kier molecular flexibility index (Phi) is 6.83. The van der Waals surface area contributed by atoms with Crippen LogP contribution < -0.4 is 16.2 Å². The minimum absolute atomic E-state index is 0.0169. The van der Waals surface area contributed by atoms with Gasteiger partial charge in [0.25, 0.3) is 0 Å². The Labute approximate surface area is 142 Å². The first-order valence-corrected chi connectivity index (χ1v) is 8.69. The van der Waals surface area contributed by atoms with Crippen molar-refractivity contribution in [3.63, 3.8) is 0 Å². The maximum atomic E-state index is 12.5. The second kappa shape index (κ2) is 8.86. The second-order valence-corrected chi connectivity index (χ2v) is 6.93. The average molecular weight is 356 g/mol. The van der Waals surface area contributed by atoms with Gasteiger partial charge in [0.1, 0.15) is 17.6 Å². The molecule has 0 saturated carbocycles. The van der Waals surface area contributed by atoms with Crippen LogP contribution in [0.2, 0.25) is 0 Å². The summed E-state index contributed by atoms with van der Waals surface area (Å²) >= 11 is 0. The van der Waals surface area contributed by atoms with Crippen molar-refractivity contribution >= 4 is 16.9 Å². The molecule has 9 heteroatoms. The predicted molar refractivity (Wildman–Crippen MR) is 87.9 cm³/mol. The summed E-state index contributed by atoms with van der Waals surface area (Å²) in [6, 6.07) is 3.23. The van der Waals surface area contributed by atoms with E-state index in [1.54, 1.807) is 16.4 Å². The van der Waals surface area contributed by atoms with Gasteiger partial charge in [0, 0.05) is 43.4 Å². The van der Waals surface area contributed by atoms with E-state index in [-0.39, 0.29) is 25.0 Å². The quantitative estimate of drug-likeness (QED) is 0.739. The summed E-state index contributed by atoms with van der Waals surface area (Å²) in [5, 5.41) is 0. The number of amides is 1. The van der Waals surface area contributed by atoms with Gasteiger partial charge in [-0.05, 0) is 18.9 Å². The maximum Gasteiger partial charge on any atom is 0.220 e. The molecule has 132 valence electrons. The molecule has 2 heterocycles. The molecular formula is C15H21FN4O3S. The highest BCUT2D eigenvalue weighted by Gasteiger charge is 2.26. The SMILES string of the molecule is NC/C(=C/F)COc1ccc(S(=O)N2CCC(C(N)=O)CC2)cn1. The van der Waals surface area contributed by atoms with Crippen LogP contribution in [-0.4, -0.2) is 45.6 Å². The first kappa shape index (κ1) is 18.5. The van der Waals surface area contributed by atoms with E-state index in [9.17, 15) is 13.4 Å². The number of nitrogens with zero attached hydrogens (tertiary/aromatic N) is 2. The lowest BCUT2D eigenvalue weighted by Crippen LogP contribution is -2.39. The van der Waals surface area contributed by atoms with Gasteiger partial charge in [-0.3, -0.25) is 4.79 Å². The van der Waals surface area contributed by atoms with Gasteiger partial charge < -0.3 is 16.2 Å². The van der Waals surface area contributed by atoms with Crippen LogP contribution >= 0.6 is 0 Å². The van der Waals surface area contributed by atoms with Crippen LogP contribution in [0.3, 0.4) is 0 Å². The molecule has 0 radical (unpaired) electrons. The molecule has 0 aliphatic carbocycles. The molecule has 1 fully saturated rings. The number of hydrogen-bond acceptors (Lipinski definition) is 5. The maximum absolute atomic E-state index is 12.5. The summed E-state index contributed by atoms with van der Waals surface area (Å²) in [5.74, 6) is -0.147. The fourth-order valence-electron chi connectivity index (χ4n) is 2.31. The molecule has 2 rings (SSSR count). The molecule has 1 aromatic rings. The van der Waals surface area contributed by atoms with Gasteiger partial charge in [0.15, 0.2) is 0 Å². The Hall–Kier alpha value is -1.84. The Morgan fingerprint density at radius 2 is 2.17 bits per heavy atom. The Balaban J connectivity index is 1.91. The zero-order chi connectivity index (χ0) is 17.5. The first-order chi connectivity index (χ1) is 11.5. The third-order valence-electron chi connectivity index (χ3n) is 3.82. The van der Waals surface area contributed by atoms with Crippen LogP contribution in [0, 0.1) is 5.92 Å². The second-order valence-electron chi connectivity index (χ2n) is 5.45. The van der Waals surface area contributed by atoms with Crippen molar-refractivity contribution in [3.8, 4) is 5.88 Å². The summed E-state index contributed by atoms with van der Waals surface area (Å²) in [4.78, 5) is 15.8. The number of carbonyl (C=O) groups excluding carboxylic acids is 1. The summed E-state index contributed by atoms with van der Waals surface area (Å²) in [5.41, 5.74) is 11.0. The number of halogens is 1. The third-order valence-corrected chi connectivity index (χ3v) is 5.30. The first-order valence-electron chi connectivity index (χ1n) is 7.58. The van der Waals surface area contributed by atoms with Gasteiger partial charge in [-0.25, -0.2) is 17.9 Å². The van der Waals surface area contributed by atoms with Crippen LogP contribution in [0.15, 0.2) is 35.1 Å². The van der Waals surface area contributed by atoms with Gasteiger partial charge in [-0.15, -0.1) is 0 Å². The third kappa shape index (κ3) is 4.83. The van der Waals surface area contributed by atoms with Gasteiger partial charge in [0.05, 0.1) is 11.2 Å². The van der Waals surface area contributed by atoms with Crippen LogP contribution in [0.25, 0.3) is 0 Å². The lowest BCUT2D eigenvalue weighted by molar-refractivity contribution is -0.122. The van der Waals surface area contributed by atoms with Gasteiger partial charge in [-0.1, -0.05) is 0 Å². The molecule has 1 aliphatic rings. The molecule has 24 heavy (non-hydrogen) atoms. The van der Waals surface area contributed by atoms with Crippen LogP contribution in [-0.2, 0) is 15.8 Å². The highest BCUT2D eigenvalue weighted by molar-refractivity contribution is 7.82. The lowest BCUT2D eigenvalue weighted by atomic mass is 9.98. The van der Waals surface area contributed by atoms with Crippen molar-refractivity contribution in [1.29, 1.82) is 0 Å². The standard InChI is InChI=1S/C15H21FN4O3S/c16-7-11(8-17)10-23-14-2-1-13(9-19-14)24(22)20-5-3-12(4-6-20)15(18)21/h1-2,7,9,12H,3-6,8,10,17H2,(H2,18,21)/b11-7-. The molecule has 1 saturated heterocycles.